The maximum absolute atomic E-state index is 12.6. The van der Waals surface area contributed by atoms with E-state index < -0.39 is 9.84 Å². The van der Waals surface area contributed by atoms with Crippen molar-refractivity contribution >= 4 is 15.7 Å². The number of aryl methyl sites for hydroxylation is 1. The summed E-state index contributed by atoms with van der Waals surface area (Å²) in [5.74, 6) is 0.697. The van der Waals surface area contributed by atoms with E-state index >= 15 is 0 Å². The summed E-state index contributed by atoms with van der Waals surface area (Å²) >= 11 is 0. The zero-order valence-electron chi connectivity index (χ0n) is 17.6. The lowest BCUT2D eigenvalue weighted by molar-refractivity contribution is 0.0940. The number of carbonyl (C=O) groups is 1. The topological polar surface area (TPSA) is 93.9 Å². The van der Waals surface area contributed by atoms with E-state index in [-0.39, 0.29) is 17.5 Å². The van der Waals surface area contributed by atoms with Gasteiger partial charge in [-0.05, 0) is 35.6 Å². The van der Waals surface area contributed by atoms with Crippen LogP contribution in [0.1, 0.15) is 52.9 Å². The molecule has 1 heterocycles. The van der Waals surface area contributed by atoms with Gasteiger partial charge in [0.15, 0.2) is 9.84 Å². The van der Waals surface area contributed by atoms with E-state index in [2.05, 4.69) is 29.2 Å². The van der Waals surface area contributed by atoms with Crippen molar-refractivity contribution in [2.24, 2.45) is 0 Å². The van der Waals surface area contributed by atoms with E-state index in [1.54, 1.807) is 28.9 Å². The Balaban J connectivity index is 1.71. The third kappa shape index (κ3) is 5.33. The Morgan fingerprint density at radius 1 is 1.07 bits per heavy atom. The maximum atomic E-state index is 12.6. The normalized spacial score (nSPS) is 11.6. The van der Waals surface area contributed by atoms with Crippen LogP contribution in [0.2, 0.25) is 0 Å². The fourth-order valence-corrected chi connectivity index (χ4v) is 4.00. The predicted molar refractivity (Wildman–Crippen MR) is 116 cm³/mol. The molecule has 3 aromatic rings. The summed E-state index contributed by atoms with van der Waals surface area (Å²) in [6, 6.07) is 15.1. The monoisotopic (exact) mass is 426 g/mol. The van der Waals surface area contributed by atoms with Gasteiger partial charge >= 0.3 is 0 Å². The van der Waals surface area contributed by atoms with E-state index in [1.165, 1.54) is 6.26 Å². The SMILES string of the molecule is Cc1nc(C(=O)NCc2ccc(CS(C)(=O)=O)cc2)nn1-c1ccccc1C(C)C. The average molecular weight is 427 g/mol. The molecule has 0 unspecified atom stereocenters. The molecule has 30 heavy (non-hydrogen) atoms. The summed E-state index contributed by atoms with van der Waals surface area (Å²) in [5.41, 5.74) is 3.62. The van der Waals surface area contributed by atoms with Crippen LogP contribution in [0.4, 0.5) is 0 Å². The molecule has 1 amide bonds. The summed E-state index contributed by atoms with van der Waals surface area (Å²) in [4.78, 5) is 16.9. The lowest BCUT2D eigenvalue weighted by atomic mass is 10.0. The number of nitrogens with zero attached hydrogens (tertiary/aromatic N) is 3. The van der Waals surface area contributed by atoms with Gasteiger partial charge in [-0.3, -0.25) is 4.79 Å². The van der Waals surface area contributed by atoms with Crippen molar-refractivity contribution < 1.29 is 13.2 Å². The lowest BCUT2D eigenvalue weighted by Gasteiger charge is -2.12. The lowest BCUT2D eigenvalue weighted by Crippen LogP contribution is -2.24. The third-order valence-corrected chi connectivity index (χ3v) is 5.52. The highest BCUT2D eigenvalue weighted by molar-refractivity contribution is 7.89. The molecule has 158 valence electrons. The van der Waals surface area contributed by atoms with Gasteiger partial charge in [-0.25, -0.2) is 18.1 Å². The van der Waals surface area contributed by atoms with Crippen LogP contribution in [0.15, 0.2) is 48.5 Å². The molecule has 0 radical (unpaired) electrons. The van der Waals surface area contributed by atoms with Gasteiger partial charge in [0.2, 0.25) is 5.82 Å². The predicted octanol–water partition coefficient (Wildman–Crippen LogP) is 3.17. The van der Waals surface area contributed by atoms with Gasteiger partial charge in [0.25, 0.3) is 5.91 Å². The number of hydrogen-bond donors (Lipinski definition) is 1. The molecule has 1 N–H and O–H groups in total. The molecule has 0 saturated heterocycles. The van der Waals surface area contributed by atoms with Gasteiger partial charge in [-0.2, -0.15) is 0 Å². The second-order valence-corrected chi connectivity index (χ2v) is 9.82. The summed E-state index contributed by atoms with van der Waals surface area (Å²) in [7, 11) is -3.07. The van der Waals surface area contributed by atoms with Crippen LogP contribution in [0.5, 0.6) is 0 Å². The van der Waals surface area contributed by atoms with Crippen LogP contribution in [0.25, 0.3) is 5.69 Å². The van der Waals surface area contributed by atoms with Gasteiger partial charge in [0.05, 0.1) is 11.4 Å². The highest BCUT2D eigenvalue weighted by Gasteiger charge is 2.17. The number of sulfone groups is 1. The van der Waals surface area contributed by atoms with Crippen molar-refractivity contribution in [3.8, 4) is 5.69 Å². The highest BCUT2D eigenvalue weighted by atomic mass is 32.2. The minimum atomic E-state index is -3.07. The number of aromatic nitrogens is 3. The largest absolute Gasteiger partial charge is 0.345 e. The van der Waals surface area contributed by atoms with Gasteiger partial charge in [0.1, 0.15) is 5.82 Å². The molecule has 8 heteroatoms. The summed E-state index contributed by atoms with van der Waals surface area (Å²) < 4.78 is 24.4. The van der Waals surface area contributed by atoms with Crippen LogP contribution in [0.3, 0.4) is 0 Å². The Labute approximate surface area is 177 Å². The third-order valence-electron chi connectivity index (χ3n) is 4.66. The van der Waals surface area contributed by atoms with E-state index in [4.69, 9.17) is 0 Å². The van der Waals surface area contributed by atoms with E-state index in [0.717, 1.165) is 16.8 Å². The molecule has 0 aliphatic heterocycles. The van der Waals surface area contributed by atoms with Crippen LogP contribution in [0, 0.1) is 6.92 Å². The standard InChI is InChI=1S/C22H26N4O3S/c1-15(2)19-7-5-6-8-20(19)26-16(3)24-21(25-26)22(27)23-13-17-9-11-18(12-10-17)14-30(4,28)29/h5-12,15H,13-14H2,1-4H3,(H,23,27). The fraction of sp³-hybridized carbons (Fsp3) is 0.318. The summed E-state index contributed by atoms with van der Waals surface area (Å²) in [6.45, 7) is 6.34. The minimum Gasteiger partial charge on any atom is -0.345 e. The highest BCUT2D eigenvalue weighted by Crippen LogP contribution is 2.23. The molecule has 0 atom stereocenters. The quantitative estimate of drug-likeness (QED) is 0.626. The van der Waals surface area contributed by atoms with Crippen molar-refractivity contribution in [3.05, 3.63) is 76.9 Å². The number of rotatable bonds is 7. The molecular weight excluding hydrogens is 400 g/mol. The first-order valence-electron chi connectivity index (χ1n) is 9.71. The smallest absolute Gasteiger partial charge is 0.291 e. The number of benzene rings is 2. The molecule has 0 aliphatic rings. The zero-order valence-corrected chi connectivity index (χ0v) is 18.4. The number of nitrogens with one attached hydrogen (secondary N) is 1. The van der Waals surface area contributed by atoms with Crippen LogP contribution in [-0.2, 0) is 22.1 Å². The van der Waals surface area contributed by atoms with Crippen molar-refractivity contribution in [1.82, 2.24) is 20.1 Å². The van der Waals surface area contributed by atoms with E-state index in [9.17, 15) is 13.2 Å². The number of amides is 1. The van der Waals surface area contributed by atoms with Crippen molar-refractivity contribution in [3.63, 3.8) is 0 Å². The summed E-state index contributed by atoms with van der Waals surface area (Å²) in [6.07, 6.45) is 1.20. The van der Waals surface area contributed by atoms with Crippen LogP contribution >= 0.6 is 0 Å². The first-order valence-corrected chi connectivity index (χ1v) is 11.8. The Morgan fingerprint density at radius 3 is 2.33 bits per heavy atom. The maximum Gasteiger partial charge on any atom is 0.291 e. The Kier molecular flexibility index (Phi) is 6.36. The molecule has 1 aromatic heterocycles. The molecule has 7 nitrogen and oxygen atoms in total. The molecule has 0 aliphatic carbocycles. The van der Waals surface area contributed by atoms with Gasteiger partial charge in [-0.15, -0.1) is 5.10 Å². The zero-order chi connectivity index (χ0) is 21.9. The molecule has 0 spiro atoms. The number of para-hydroxylation sites is 1. The van der Waals surface area contributed by atoms with Gasteiger partial charge in [0, 0.05) is 12.8 Å². The molecule has 2 aromatic carbocycles. The Bertz CT molecular complexity index is 1150. The molecular formula is C22H26N4O3S. The average Bonchev–Trinajstić information content (AvgIpc) is 3.07. The van der Waals surface area contributed by atoms with Gasteiger partial charge in [-0.1, -0.05) is 56.3 Å². The summed E-state index contributed by atoms with van der Waals surface area (Å²) in [5, 5.41) is 7.23. The molecule has 0 saturated carbocycles. The van der Waals surface area contributed by atoms with Crippen LogP contribution < -0.4 is 5.32 Å². The van der Waals surface area contributed by atoms with Crippen molar-refractivity contribution in [2.45, 2.75) is 39.0 Å². The number of hydrogen-bond acceptors (Lipinski definition) is 5. The fourth-order valence-electron chi connectivity index (χ4n) is 3.20. The minimum absolute atomic E-state index is 0.00186. The Hall–Kier alpha value is -3.00. The second-order valence-electron chi connectivity index (χ2n) is 7.68. The molecule has 3 rings (SSSR count). The van der Waals surface area contributed by atoms with Crippen LogP contribution in [-0.4, -0.2) is 35.3 Å². The first kappa shape index (κ1) is 21.7. The van der Waals surface area contributed by atoms with E-state index in [1.807, 2.05) is 31.2 Å². The second kappa shape index (κ2) is 8.79. The number of carbonyl (C=O) groups excluding carboxylic acids is 1. The first-order chi connectivity index (χ1) is 14.1. The van der Waals surface area contributed by atoms with Crippen molar-refractivity contribution in [2.75, 3.05) is 6.26 Å². The van der Waals surface area contributed by atoms with Crippen molar-refractivity contribution in [1.29, 1.82) is 0 Å². The van der Waals surface area contributed by atoms with Gasteiger partial charge < -0.3 is 5.32 Å². The molecule has 0 bridgehead atoms. The Morgan fingerprint density at radius 2 is 1.70 bits per heavy atom. The van der Waals surface area contributed by atoms with E-state index in [0.29, 0.717) is 23.9 Å². The molecule has 0 fully saturated rings.